The first kappa shape index (κ1) is 10.8. The second kappa shape index (κ2) is 4.30. The standard InChI is InChI=1S/C13H16O/c1-5-13(2,3)12-8-6-7-11(9-12)10-14-4/h1,6-9H,10H2,2-4H3. The van der Waals surface area contributed by atoms with E-state index >= 15 is 0 Å². The van der Waals surface area contributed by atoms with E-state index in [4.69, 9.17) is 11.2 Å². The van der Waals surface area contributed by atoms with Gasteiger partial charge in [-0.25, -0.2) is 0 Å². The fourth-order valence-electron chi connectivity index (χ4n) is 1.30. The molecule has 0 aliphatic rings. The van der Waals surface area contributed by atoms with Crippen molar-refractivity contribution in [3.8, 4) is 12.3 Å². The minimum atomic E-state index is -0.205. The van der Waals surface area contributed by atoms with Crippen LogP contribution in [0.15, 0.2) is 24.3 Å². The Balaban J connectivity index is 3.01. The van der Waals surface area contributed by atoms with Gasteiger partial charge in [-0.2, -0.15) is 0 Å². The minimum Gasteiger partial charge on any atom is -0.380 e. The Kier molecular flexibility index (Phi) is 3.33. The van der Waals surface area contributed by atoms with Crippen LogP contribution in [0, 0.1) is 12.3 Å². The number of methoxy groups -OCH3 is 1. The van der Waals surface area contributed by atoms with Gasteiger partial charge >= 0.3 is 0 Å². The first-order chi connectivity index (χ1) is 6.60. The summed E-state index contributed by atoms with van der Waals surface area (Å²) in [6, 6.07) is 8.21. The van der Waals surface area contributed by atoms with E-state index in [1.807, 2.05) is 26.0 Å². The molecule has 1 aromatic rings. The van der Waals surface area contributed by atoms with E-state index in [0.29, 0.717) is 6.61 Å². The maximum Gasteiger partial charge on any atom is 0.0713 e. The highest BCUT2D eigenvalue weighted by Crippen LogP contribution is 2.22. The first-order valence-electron chi connectivity index (χ1n) is 4.66. The van der Waals surface area contributed by atoms with Crippen LogP contribution >= 0.6 is 0 Å². The van der Waals surface area contributed by atoms with Crippen LogP contribution in [0.25, 0.3) is 0 Å². The zero-order valence-corrected chi connectivity index (χ0v) is 9.00. The van der Waals surface area contributed by atoms with Crippen LogP contribution in [0.5, 0.6) is 0 Å². The Labute approximate surface area is 86.1 Å². The highest BCUT2D eigenvalue weighted by Gasteiger charge is 2.16. The van der Waals surface area contributed by atoms with E-state index in [9.17, 15) is 0 Å². The van der Waals surface area contributed by atoms with Crippen LogP contribution in [0.1, 0.15) is 25.0 Å². The van der Waals surface area contributed by atoms with Crippen LogP contribution in [0.3, 0.4) is 0 Å². The number of benzene rings is 1. The Bertz CT molecular complexity index is 344. The van der Waals surface area contributed by atoms with Gasteiger partial charge in [0, 0.05) is 7.11 Å². The fourth-order valence-corrected chi connectivity index (χ4v) is 1.30. The quantitative estimate of drug-likeness (QED) is 0.663. The average Bonchev–Trinajstić information content (AvgIpc) is 2.19. The minimum absolute atomic E-state index is 0.205. The molecule has 14 heavy (non-hydrogen) atoms. The molecule has 0 bridgehead atoms. The molecule has 0 N–H and O–H groups in total. The first-order valence-corrected chi connectivity index (χ1v) is 4.66. The molecular formula is C13H16O. The van der Waals surface area contributed by atoms with E-state index < -0.39 is 0 Å². The van der Waals surface area contributed by atoms with Gasteiger partial charge in [0.05, 0.1) is 12.0 Å². The molecule has 0 spiro atoms. The second-order valence-electron chi connectivity index (χ2n) is 3.90. The predicted molar refractivity (Wildman–Crippen MR) is 59.0 cm³/mol. The van der Waals surface area contributed by atoms with Crippen molar-refractivity contribution in [1.82, 2.24) is 0 Å². The van der Waals surface area contributed by atoms with E-state index in [2.05, 4.69) is 18.1 Å². The number of hydrogen-bond donors (Lipinski definition) is 0. The molecule has 1 aromatic carbocycles. The Morgan fingerprint density at radius 1 is 1.43 bits per heavy atom. The smallest absolute Gasteiger partial charge is 0.0713 e. The lowest BCUT2D eigenvalue weighted by molar-refractivity contribution is 0.185. The van der Waals surface area contributed by atoms with E-state index in [1.54, 1.807) is 7.11 Å². The van der Waals surface area contributed by atoms with E-state index in [1.165, 1.54) is 0 Å². The van der Waals surface area contributed by atoms with E-state index in [0.717, 1.165) is 11.1 Å². The summed E-state index contributed by atoms with van der Waals surface area (Å²) < 4.78 is 5.08. The summed E-state index contributed by atoms with van der Waals surface area (Å²) in [6.45, 7) is 4.71. The monoisotopic (exact) mass is 188 g/mol. The molecule has 0 heterocycles. The van der Waals surface area contributed by atoms with Gasteiger partial charge in [-0.05, 0) is 25.0 Å². The predicted octanol–water partition coefficient (Wildman–Crippen LogP) is 2.74. The van der Waals surface area contributed by atoms with E-state index in [-0.39, 0.29) is 5.41 Å². The van der Waals surface area contributed by atoms with Crippen LogP contribution in [0.4, 0.5) is 0 Å². The van der Waals surface area contributed by atoms with Crippen molar-refractivity contribution in [3.63, 3.8) is 0 Å². The number of terminal acetylenes is 1. The molecule has 1 heteroatoms. The van der Waals surface area contributed by atoms with Crippen molar-refractivity contribution in [3.05, 3.63) is 35.4 Å². The molecule has 0 amide bonds. The lowest BCUT2D eigenvalue weighted by Gasteiger charge is -2.18. The van der Waals surface area contributed by atoms with Crippen molar-refractivity contribution in [1.29, 1.82) is 0 Å². The maximum atomic E-state index is 5.48. The van der Waals surface area contributed by atoms with Gasteiger partial charge in [0.2, 0.25) is 0 Å². The molecule has 0 fully saturated rings. The van der Waals surface area contributed by atoms with Crippen LogP contribution in [0.2, 0.25) is 0 Å². The van der Waals surface area contributed by atoms with Gasteiger partial charge < -0.3 is 4.74 Å². The SMILES string of the molecule is C#CC(C)(C)c1cccc(COC)c1. The highest BCUT2D eigenvalue weighted by molar-refractivity contribution is 5.34. The van der Waals surface area contributed by atoms with Gasteiger partial charge in [0.1, 0.15) is 0 Å². The van der Waals surface area contributed by atoms with Gasteiger partial charge in [0.15, 0.2) is 0 Å². The Morgan fingerprint density at radius 2 is 2.14 bits per heavy atom. The molecule has 0 aliphatic carbocycles. The summed E-state index contributed by atoms with van der Waals surface area (Å²) in [7, 11) is 1.69. The van der Waals surface area contributed by atoms with Crippen molar-refractivity contribution < 1.29 is 4.74 Å². The summed E-state index contributed by atoms with van der Waals surface area (Å²) in [5.74, 6) is 2.79. The molecule has 0 saturated carbocycles. The number of rotatable bonds is 3. The molecular weight excluding hydrogens is 172 g/mol. The third-order valence-electron chi connectivity index (χ3n) is 2.32. The zero-order chi connectivity index (χ0) is 10.6. The van der Waals surface area contributed by atoms with Crippen LogP contribution < -0.4 is 0 Å². The molecule has 0 radical (unpaired) electrons. The molecule has 1 rings (SSSR count). The Hall–Kier alpha value is -1.26. The molecule has 0 aliphatic heterocycles. The van der Waals surface area contributed by atoms with Crippen molar-refractivity contribution >= 4 is 0 Å². The van der Waals surface area contributed by atoms with Gasteiger partial charge in [-0.15, -0.1) is 6.42 Å². The van der Waals surface area contributed by atoms with Crippen LogP contribution in [-0.4, -0.2) is 7.11 Å². The van der Waals surface area contributed by atoms with Gasteiger partial charge in [-0.1, -0.05) is 30.2 Å². The van der Waals surface area contributed by atoms with Crippen LogP contribution in [-0.2, 0) is 16.8 Å². The summed E-state index contributed by atoms with van der Waals surface area (Å²) in [5.41, 5.74) is 2.12. The largest absolute Gasteiger partial charge is 0.380 e. The number of hydrogen-bond acceptors (Lipinski definition) is 1. The summed E-state index contributed by atoms with van der Waals surface area (Å²) in [6.07, 6.45) is 5.48. The average molecular weight is 188 g/mol. The van der Waals surface area contributed by atoms with Crippen molar-refractivity contribution in [2.45, 2.75) is 25.9 Å². The lowest BCUT2D eigenvalue weighted by atomic mass is 9.85. The topological polar surface area (TPSA) is 9.23 Å². The molecule has 1 nitrogen and oxygen atoms in total. The normalized spacial score (nSPS) is 11.0. The maximum absolute atomic E-state index is 5.48. The third kappa shape index (κ3) is 2.37. The fraction of sp³-hybridized carbons (Fsp3) is 0.385. The highest BCUT2D eigenvalue weighted by atomic mass is 16.5. The lowest BCUT2D eigenvalue weighted by Crippen LogP contribution is -2.13. The molecule has 0 saturated heterocycles. The van der Waals surface area contributed by atoms with Crippen molar-refractivity contribution in [2.24, 2.45) is 0 Å². The molecule has 74 valence electrons. The molecule has 0 unspecified atom stereocenters. The number of ether oxygens (including phenoxy) is 1. The Morgan fingerprint density at radius 3 is 2.71 bits per heavy atom. The van der Waals surface area contributed by atoms with Gasteiger partial charge in [-0.3, -0.25) is 0 Å². The zero-order valence-electron chi connectivity index (χ0n) is 9.00. The molecule has 0 aromatic heterocycles. The second-order valence-corrected chi connectivity index (χ2v) is 3.90. The molecule has 0 atom stereocenters. The van der Waals surface area contributed by atoms with Gasteiger partial charge in [0.25, 0.3) is 0 Å². The van der Waals surface area contributed by atoms with Crippen molar-refractivity contribution in [2.75, 3.05) is 7.11 Å². The summed E-state index contributed by atoms with van der Waals surface area (Å²) in [4.78, 5) is 0. The third-order valence-corrected chi connectivity index (χ3v) is 2.32. The summed E-state index contributed by atoms with van der Waals surface area (Å²) >= 11 is 0. The summed E-state index contributed by atoms with van der Waals surface area (Å²) in [5, 5.41) is 0.